The molecule has 0 aliphatic heterocycles. The van der Waals surface area contributed by atoms with Gasteiger partial charge in [0.15, 0.2) is 0 Å². The van der Waals surface area contributed by atoms with Crippen molar-refractivity contribution in [3.63, 3.8) is 0 Å². The van der Waals surface area contributed by atoms with Crippen molar-refractivity contribution >= 4 is 51.8 Å². The second-order valence-corrected chi connectivity index (χ2v) is 34.5. The molecule has 0 nitrogen and oxygen atoms in total. The summed E-state index contributed by atoms with van der Waals surface area (Å²) in [5.41, 5.74) is 14.1. The molecule has 0 unspecified atom stereocenters. The van der Waals surface area contributed by atoms with Gasteiger partial charge in [-0.15, -0.1) is 0 Å². The van der Waals surface area contributed by atoms with Crippen molar-refractivity contribution in [2.45, 2.75) is 250 Å². The van der Waals surface area contributed by atoms with Crippen molar-refractivity contribution in [2.24, 2.45) is 0 Å². The SMILES string of the molecule is CC(C)c1cc(C(C)C)c([Si]=[Si](c2c(C(C)C)cc(C(C)C)cc2C(C)C)c2c(C(C)C)cc(C(C)C)cc2C(C)C)c(C(C)C)c1.CCC[CH2][Sn]([CH2]CCC)[CH2]CCC. The molecule has 0 fully saturated rings. The summed E-state index contributed by atoms with van der Waals surface area (Å²) < 4.78 is 5.04. The summed E-state index contributed by atoms with van der Waals surface area (Å²) in [4.78, 5) is 0. The molecule has 0 saturated heterocycles. The van der Waals surface area contributed by atoms with Crippen molar-refractivity contribution in [1.82, 2.24) is 0 Å². The molecule has 0 aromatic heterocycles. The van der Waals surface area contributed by atoms with E-state index in [2.05, 4.69) is 182 Å². The summed E-state index contributed by atoms with van der Waals surface area (Å²) in [7, 11) is -0.484. The third-order valence-electron chi connectivity index (χ3n) is 12.8. The number of unbranched alkanes of at least 4 members (excludes halogenated alkanes) is 3. The van der Waals surface area contributed by atoms with Gasteiger partial charge in [0.25, 0.3) is 0 Å². The van der Waals surface area contributed by atoms with Crippen LogP contribution in [-0.2, 0) is 0 Å². The molecule has 3 rings (SSSR count). The summed E-state index contributed by atoms with van der Waals surface area (Å²) in [6.07, 6.45) is 8.85. The fourth-order valence-corrected chi connectivity index (χ4v) is 26.5. The van der Waals surface area contributed by atoms with Gasteiger partial charge in [0, 0.05) is 8.61 Å². The normalized spacial score (nSPS) is 12.2. The van der Waals surface area contributed by atoms with Gasteiger partial charge in [0.2, 0.25) is 0 Å². The summed E-state index contributed by atoms with van der Waals surface area (Å²) in [6, 6.07) is 15.7. The van der Waals surface area contributed by atoms with Gasteiger partial charge in [0.1, 0.15) is 0 Å². The fraction of sp³-hybridized carbons (Fsp3) is 0.684. The molecule has 0 amide bonds. The van der Waals surface area contributed by atoms with E-state index in [9.17, 15) is 0 Å². The van der Waals surface area contributed by atoms with Crippen molar-refractivity contribution in [2.75, 3.05) is 0 Å². The van der Waals surface area contributed by atoms with E-state index in [1.165, 1.54) is 55.2 Å². The van der Waals surface area contributed by atoms with Crippen molar-refractivity contribution in [3.05, 3.63) is 86.5 Å². The summed E-state index contributed by atoms with van der Waals surface area (Å²) in [5, 5.41) is 5.12. The zero-order chi connectivity index (χ0) is 45.6. The van der Waals surface area contributed by atoms with Gasteiger partial charge < -0.3 is 0 Å². The molecule has 3 aromatic rings. The molecule has 0 heterocycles. The minimum atomic E-state index is -1.25. The average molecular weight is 956 g/mol. The predicted octanol–water partition coefficient (Wildman–Crippen LogP) is 16.8. The third-order valence-corrected chi connectivity index (χ3v) is 28.1. The molecule has 0 atom stereocenters. The molecule has 0 spiro atoms. The minimum absolute atomic E-state index is 0.475. The molecule has 0 N–H and O–H groups in total. The fourth-order valence-electron chi connectivity index (χ4n) is 8.62. The van der Waals surface area contributed by atoms with Gasteiger partial charge in [-0.05, 0) is 119 Å². The van der Waals surface area contributed by atoms with E-state index in [4.69, 9.17) is 0 Å². The van der Waals surface area contributed by atoms with Crippen LogP contribution in [0.25, 0.3) is 0 Å². The predicted molar refractivity (Wildman–Crippen MR) is 281 cm³/mol. The maximum atomic E-state index is 2.62. The Morgan fingerprint density at radius 1 is 0.367 bits per heavy atom. The van der Waals surface area contributed by atoms with Crippen LogP contribution in [0.3, 0.4) is 0 Å². The Morgan fingerprint density at radius 2 is 0.600 bits per heavy atom. The van der Waals surface area contributed by atoms with E-state index < -0.39 is 27.6 Å². The topological polar surface area (TPSA) is 0 Å². The molecule has 336 valence electrons. The molecule has 3 aromatic carbocycles. The van der Waals surface area contributed by atoms with Gasteiger partial charge in [-0.3, -0.25) is 0 Å². The summed E-state index contributed by atoms with van der Waals surface area (Å²) >= 11 is -0.839. The van der Waals surface area contributed by atoms with Crippen LogP contribution in [0.5, 0.6) is 0 Å². The second-order valence-electron chi connectivity index (χ2n) is 21.2. The first-order valence-corrected chi connectivity index (χ1v) is 34.7. The van der Waals surface area contributed by atoms with Crippen LogP contribution in [0.4, 0.5) is 0 Å². The van der Waals surface area contributed by atoms with Crippen LogP contribution in [0.1, 0.15) is 287 Å². The molecular weight excluding hydrogens is 860 g/mol. The average Bonchev–Trinajstić information content (AvgIpc) is 3.18. The van der Waals surface area contributed by atoms with Crippen molar-refractivity contribution < 1.29 is 0 Å². The van der Waals surface area contributed by atoms with E-state index in [1.807, 2.05) is 0 Å². The van der Waals surface area contributed by atoms with E-state index in [0.29, 0.717) is 53.3 Å². The zero-order valence-electron chi connectivity index (χ0n) is 43.5. The quantitative estimate of drug-likeness (QED) is 0.0934. The Balaban J connectivity index is 0.000000818. The third kappa shape index (κ3) is 15.6. The van der Waals surface area contributed by atoms with E-state index in [-0.39, 0.29) is 0 Å². The Labute approximate surface area is 386 Å². The molecule has 0 aliphatic carbocycles. The Bertz CT molecular complexity index is 1580. The Kier molecular flexibility index (Phi) is 24.4. The molecule has 0 saturated carbocycles. The molecule has 3 heteroatoms. The van der Waals surface area contributed by atoms with Crippen LogP contribution in [0, 0.1) is 0 Å². The number of rotatable bonds is 21. The van der Waals surface area contributed by atoms with Crippen LogP contribution in [-0.4, -0.2) is 36.3 Å². The van der Waals surface area contributed by atoms with Crippen LogP contribution in [0.15, 0.2) is 36.4 Å². The first-order valence-electron chi connectivity index (χ1n) is 25.1. The van der Waals surface area contributed by atoms with E-state index >= 15 is 0 Å². The van der Waals surface area contributed by atoms with Crippen molar-refractivity contribution in [3.8, 4) is 0 Å². The van der Waals surface area contributed by atoms with E-state index in [0.717, 1.165) is 8.61 Å². The summed E-state index contributed by atoms with van der Waals surface area (Å²) in [5.74, 6) is 4.45. The number of hydrogen-bond donors (Lipinski definition) is 0. The van der Waals surface area contributed by atoms with Crippen LogP contribution >= 0.6 is 0 Å². The number of benzene rings is 3. The maximum absolute atomic E-state index is 2.62. The summed E-state index contributed by atoms with van der Waals surface area (Å²) in [6.45, 7) is 50.5. The van der Waals surface area contributed by atoms with Gasteiger partial charge in [-0.2, -0.15) is 0 Å². The van der Waals surface area contributed by atoms with Gasteiger partial charge >= 0.3 is 92.4 Å². The second kappa shape index (κ2) is 26.6. The first kappa shape index (κ1) is 55.0. The van der Waals surface area contributed by atoms with Crippen LogP contribution < -0.4 is 15.6 Å². The molecular formula is C57H96Si2Sn. The Hall–Kier alpha value is -1.11. The van der Waals surface area contributed by atoms with Gasteiger partial charge in [-0.25, -0.2) is 0 Å². The zero-order valence-corrected chi connectivity index (χ0v) is 48.4. The van der Waals surface area contributed by atoms with E-state index in [1.54, 1.807) is 62.3 Å². The van der Waals surface area contributed by atoms with Crippen molar-refractivity contribution in [1.29, 1.82) is 0 Å². The van der Waals surface area contributed by atoms with Crippen LogP contribution in [0.2, 0.25) is 13.3 Å². The Morgan fingerprint density at radius 3 is 0.800 bits per heavy atom. The monoisotopic (exact) mass is 957 g/mol. The molecule has 60 heavy (non-hydrogen) atoms. The molecule has 0 aliphatic rings. The first-order chi connectivity index (χ1) is 28.1. The molecule has 2 radical (unpaired) electrons. The molecule has 0 bridgehead atoms. The standard InChI is InChI=1S/C45H69Si2.3C4H9.Sn/c1-25(2)34-19-37(28(7)8)43(38(20-34)29(9)10)46-47(44-39(30(11)12)21-35(26(3)4)22-40(44)31(13)14)45-41(32(15)16)23-36(27(5)6)24-42(45)33(17)18;3*1-3-4-2;/h19-33H,1-18H3;3*1,3-4H2,2H3;. The van der Waals surface area contributed by atoms with Gasteiger partial charge in [-0.1, -0.05) is 161 Å². The van der Waals surface area contributed by atoms with Gasteiger partial charge in [0.05, 0.1) is 7.89 Å². The number of hydrogen-bond acceptors (Lipinski definition) is 0.